The molecule has 0 spiro atoms. The average Bonchev–Trinajstić information content (AvgIpc) is 2.99. The zero-order valence-electron chi connectivity index (χ0n) is 19.0. The van der Waals surface area contributed by atoms with Gasteiger partial charge in [0.2, 0.25) is 10.0 Å². The highest BCUT2D eigenvalue weighted by Gasteiger charge is 2.37. The van der Waals surface area contributed by atoms with Crippen molar-refractivity contribution < 1.29 is 27.9 Å². The van der Waals surface area contributed by atoms with E-state index in [1.807, 2.05) is 20.8 Å². The molecule has 2 heterocycles. The smallest absolute Gasteiger partial charge is 0.323 e. The van der Waals surface area contributed by atoms with Gasteiger partial charge in [-0.15, -0.1) is 0 Å². The van der Waals surface area contributed by atoms with Gasteiger partial charge in [0.1, 0.15) is 6.54 Å². The highest BCUT2D eigenvalue weighted by molar-refractivity contribution is 7.99. The number of rotatable bonds is 6. The van der Waals surface area contributed by atoms with Crippen LogP contribution in [-0.2, 0) is 32.5 Å². The van der Waals surface area contributed by atoms with Crippen molar-refractivity contribution in [3.05, 3.63) is 41.2 Å². The van der Waals surface area contributed by atoms with Crippen molar-refractivity contribution in [1.29, 1.82) is 0 Å². The number of ketones is 1. The second-order valence-corrected chi connectivity index (χ2v) is 12.3. The Morgan fingerprint density at radius 1 is 1.15 bits per heavy atom. The van der Waals surface area contributed by atoms with E-state index >= 15 is 0 Å². The summed E-state index contributed by atoms with van der Waals surface area (Å²) in [7, 11) is -3.58. The summed E-state index contributed by atoms with van der Waals surface area (Å²) in [4.78, 5) is 26.3. The first-order chi connectivity index (χ1) is 15.5. The lowest BCUT2D eigenvalue weighted by Gasteiger charge is -2.29. The summed E-state index contributed by atoms with van der Waals surface area (Å²) >= 11 is 1.37. The number of ether oxygens (including phenoxy) is 1. The Labute approximate surface area is 198 Å². The van der Waals surface area contributed by atoms with Gasteiger partial charge in [-0.05, 0) is 43.0 Å². The average molecular weight is 493 g/mol. The maximum absolute atomic E-state index is 13.1. The van der Waals surface area contributed by atoms with E-state index in [-0.39, 0.29) is 22.6 Å². The molecule has 0 saturated carbocycles. The number of aromatic nitrogens is 1. The molecule has 0 radical (unpaired) electrons. The second-order valence-electron chi connectivity index (χ2n) is 9.25. The number of nitrogens with zero attached hydrogens (tertiary/aromatic N) is 2. The van der Waals surface area contributed by atoms with E-state index in [9.17, 15) is 23.1 Å². The summed E-state index contributed by atoms with van der Waals surface area (Å²) in [6.45, 7) is 7.10. The monoisotopic (exact) mass is 492 g/mol. The van der Waals surface area contributed by atoms with E-state index in [1.165, 1.54) is 16.1 Å². The predicted octanol–water partition coefficient (Wildman–Crippen LogP) is 3.21. The van der Waals surface area contributed by atoms with Crippen molar-refractivity contribution in [2.75, 3.05) is 26.3 Å². The third-order valence-corrected chi connectivity index (χ3v) is 9.21. The normalized spacial score (nSPS) is 18.8. The van der Waals surface area contributed by atoms with Crippen LogP contribution in [0.5, 0.6) is 0 Å². The molecule has 0 bridgehead atoms. The molecule has 1 fully saturated rings. The third kappa shape index (κ3) is 4.75. The van der Waals surface area contributed by atoms with E-state index in [2.05, 4.69) is 0 Å². The molecule has 1 saturated heterocycles. The number of carboxylic acids is 1. The minimum atomic E-state index is -3.58. The number of sulfonamides is 1. The Kier molecular flexibility index (Phi) is 6.47. The van der Waals surface area contributed by atoms with Crippen LogP contribution < -0.4 is 0 Å². The van der Waals surface area contributed by atoms with E-state index in [0.29, 0.717) is 44.7 Å². The summed E-state index contributed by atoms with van der Waals surface area (Å²) in [6, 6.07) is 6.62. The minimum Gasteiger partial charge on any atom is -0.480 e. The summed E-state index contributed by atoms with van der Waals surface area (Å²) in [6.07, 6.45) is 1.03. The molecule has 4 rings (SSSR count). The maximum Gasteiger partial charge on any atom is 0.323 e. The van der Waals surface area contributed by atoms with Crippen molar-refractivity contribution in [2.24, 2.45) is 5.41 Å². The molecule has 1 aromatic heterocycles. The van der Waals surface area contributed by atoms with Crippen LogP contribution in [0.3, 0.4) is 0 Å². The number of carbonyl (C=O) groups is 2. The lowest BCUT2D eigenvalue weighted by Crippen LogP contribution is -2.40. The number of carboxylic acid groups (broad SMARTS) is 1. The Morgan fingerprint density at radius 2 is 1.79 bits per heavy atom. The van der Waals surface area contributed by atoms with Crippen molar-refractivity contribution in [2.45, 2.75) is 54.8 Å². The molecule has 0 unspecified atom stereocenters. The standard InChI is InChI=1S/C23H28N2O6S2/c1-15-22(21-18(25(15)14-20(27)28)12-23(2,3)13-19(21)26)32-16-4-6-17(7-5-16)33(29,30)24-8-10-31-11-9-24/h4-7H,8-14H2,1-3H3,(H,27,28). The first-order valence-electron chi connectivity index (χ1n) is 10.8. The first-order valence-corrected chi connectivity index (χ1v) is 13.1. The van der Waals surface area contributed by atoms with Crippen LogP contribution in [0, 0.1) is 12.3 Å². The lowest BCUT2D eigenvalue weighted by molar-refractivity contribution is -0.137. The summed E-state index contributed by atoms with van der Waals surface area (Å²) in [5.74, 6) is -0.941. The van der Waals surface area contributed by atoms with Crippen LogP contribution in [0.4, 0.5) is 0 Å². The second kappa shape index (κ2) is 8.90. The molecule has 0 amide bonds. The highest BCUT2D eigenvalue weighted by atomic mass is 32.2. The molecule has 1 aliphatic carbocycles. The van der Waals surface area contributed by atoms with E-state index in [4.69, 9.17) is 4.74 Å². The number of Topliss-reactive ketones (excluding diaryl/α,β-unsaturated/α-hetero) is 1. The van der Waals surface area contributed by atoms with Gasteiger partial charge in [0.25, 0.3) is 0 Å². The third-order valence-electron chi connectivity index (χ3n) is 6.08. The van der Waals surface area contributed by atoms with E-state index in [0.717, 1.165) is 21.2 Å². The topological polar surface area (TPSA) is 106 Å². The van der Waals surface area contributed by atoms with Gasteiger partial charge in [0, 0.05) is 40.7 Å². The molecule has 1 aromatic carbocycles. The van der Waals surface area contributed by atoms with Gasteiger partial charge in [-0.2, -0.15) is 4.31 Å². The van der Waals surface area contributed by atoms with Crippen LogP contribution >= 0.6 is 11.8 Å². The van der Waals surface area contributed by atoms with Crippen LogP contribution in [0.25, 0.3) is 0 Å². The van der Waals surface area contributed by atoms with Crippen molar-refractivity contribution in [3.8, 4) is 0 Å². The molecule has 0 atom stereocenters. The van der Waals surface area contributed by atoms with Crippen molar-refractivity contribution >= 4 is 33.5 Å². The molecule has 8 nitrogen and oxygen atoms in total. The molecule has 1 N–H and O–H groups in total. The lowest BCUT2D eigenvalue weighted by atomic mass is 9.76. The largest absolute Gasteiger partial charge is 0.480 e. The van der Waals surface area contributed by atoms with Crippen LogP contribution in [0.1, 0.15) is 42.0 Å². The van der Waals surface area contributed by atoms with Gasteiger partial charge in [-0.25, -0.2) is 8.42 Å². The van der Waals surface area contributed by atoms with Gasteiger partial charge in [0.15, 0.2) is 5.78 Å². The Hall–Kier alpha value is -2.14. The van der Waals surface area contributed by atoms with Gasteiger partial charge >= 0.3 is 5.97 Å². The van der Waals surface area contributed by atoms with Crippen LogP contribution in [0.15, 0.2) is 39.0 Å². The Bertz CT molecular complexity index is 1190. The quantitative estimate of drug-likeness (QED) is 0.660. The molecular formula is C23H28N2O6S2. The molecule has 33 heavy (non-hydrogen) atoms. The summed E-state index contributed by atoms with van der Waals surface area (Å²) in [5, 5.41) is 9.42. The zero-order chi connectivity index (χ0) is 24.0. The first kappa shape index (κ1) is 24.0. The number of fused-ring (bicyclic) bond motifs is 1. The van der Waals surface area contributed by atoms with E-state index < -0.39 is 16.0 Å². The molecule has 178 valence electrons. The fraction of sp³-hybridized carbons (Fsp3) is 0.478. The fourth-order valence-corrected chi connectivity index (χ4v) is 7.00. The van der Waals surface area contributed by atoms with Gasteiger partial charge in [-0.3, -0.25) is 9.59 Å². The number of carbonyl (C=O) groups excluding carboxylic acids is 1. The number of benzene rings is 1. The van der Waals surface area contributed by atoms with Gasteiger partial charge in [-0.1, -0.05) is 25.6 Å². The van der Waals surface area contributed by atoms with E-state index in [1.54, 1.807) is 28.8 Å². The molecule has 2 aromatic rings. The number of hydrogen-bond donors (Lipinski definition) is 1. The molecule has 2 aliphatic rings. The molecule has 1 aliphatic heterocycles. The van der Waals surface area contributed by atoms with Gasteiger partial charge < -0.3 is 14.4 Å². The highest BCUT2D eigenvalue weighted by Crippen LogP contribution is 2.44. The van der Waals surface area contributed by atoms with Gasteiger partial charge in [0.05, 0.1) is 23.7 Å². The summed E-state index contributed by atoms with van der Waals surface area (Å²) in [5.41, 5.74) is 1.87. The predicted molar refractivity (Wildman–Crippen MR) is 123 cm³/mol. The van der Waals surface area contributed by atoms with Crippen LogP contribution in [0.2, 0.25) is 0 Å². The fourth-order valence-electron chi connectivity index (χ4n) is 4.49. The number of aliphatic carboxylic acids is 1. The molecule has 10 heteroatoms. The van der Waals surface area contributed by atoms with Crippen molar-refractivity contribution in [3.63, 3.8) is 0 Å². The Balaban J connectivity index is 1.66. The SMILES string of the molecule is Cc1c(Sc2ccc(S(=O)(=O)N3CCOCC3)cc2)c2c(n1CC(=O)O)CC(C)(C)CC2=O. The number of hydrogen-bond acceptors (Lipinski definition) is 6. The van der Waals surface area contributed by atoms with Crippen LogP contribution in [-0.4, -0.2) is 60.5 Å². The maximum atomic E-state index is 13.1. The van der Waals surface area contributed by atoms with Crippen molar-refractivity contribution in [1.82, 2.24) is 8.87 Å². The number of morpholine rings is 1. The summed E-state index contributed by atoms with van der Waals surface area (Å²) < 4.78 is 34.1. The minimum absolute atomic E-state index is 0.0162. The molecular weight excluding hydrogens is 464 g/mol. The zero-order valence-corrected chi connectivity index (χ0v) is 20.6. The Morgan fingerprint density at radius 3 is 2.39 bits per heavy atom.